The van der Waals surface area contributed by atoms with Crippen LogP contribution in [0, 0.1) is 21.4 Å². The lowest BCUT2D eigenvalue weighted by Gasteiger charge is -2.02. The highest BCUT2D eigenvalue weighted by molar-refractivity contribution is 5.35. The van der Waals surface area contributed by atoms with E-state index in [9.17, 15) is 10.1 Å². The second kappa shape index (κ2) is 2.79. The van der Waals surface area contributed by atoms with Crippen molar-refractivity contribution in [3.05, 3.63) is 45.5 Å². The van der Waals surface area contributed by atoms with Crippen LogP contribution in [0.1, 0.15) is 11.1 Å². The summed E-state index contributed by atoms with van der Waals surface area (Å²) in [7, 11) is 0. The summed E-state index contributed by atoms with van der Waals surface area (Å²) in [6, 6.07) is 8.21. The summed E-state index contributed by atoms with van der Waals surface area (Å²) in [4.78, 5) is 10.2. The summed E-state index contributed by atoms with van der Waals surface area (Å²) in [5.41, 5.74) is -0.562. The van der Waals surface area contributed by atoms with E-state index in [0.717, 1.165) is 0 Å². The number of nitro groups is 1. The molecule has 1 heterocycles. The van der Waals surface area contributed by atoms with Gasteiger partial charge in [0.05, 0.1) is 22.1 Å². The summed E-state index contributed by atoms with van der Waals surface area (Å²) in [6.07, 6.45) is 0. The number of rotatable bonds is 2. The quantitative estimate of drug-likeness (QED) is 0.396. The first-order valence-electron chi connectivity index (χ1n) is 3.98. The van der Waals surface area contributed by atoms with Gasteiger partial charge in [0.25, 0.3) is 0 Å². The van der Waals surface area contributed by atoms with Gasteiger partial charge in [-0.2, -0.15) is 5.26 Å². The van der Waals surface area contributed by atoms with Crippen molar-refractivity contribution < 1.29 is 9.66 Å². The van der Waals surface area contributed by atoms with Crippen molar-refractivity contribution in [2.75, 3.05) is 6.61 Å². The number of hydrogen-bond acceptors (Lipinski definition) is 4. The Morgan fingerprint density at radius 3 is 2.86 bits per heavy atom. The van der Waals surface area contributed by atoms with Crippen LogP contribution in [0.4, 0.5) is 0 Å². The molecule has 5 heteroatoms. The first kappa shape index (κ1) is 8.66. The second-order valence-corrected chi connectivity index (χ2v) is 3.02. The molecule has 1 unspecified atom stereocenters. The van der Waals surface area contributed by atoms with Gasteiger partial charge in [-0.1, -0.05) is 6.07 Å². The molecule has 0 N–H and O–H groups in total. The number of ether oxygens (including phenoxy) is 1. The predicted molar refractivity (Wildman–Crippen MR) is 45.8 cm³/mol. The average molecular weight is 190 g/mol. The molecule has 0 saturated carbocycles. The lowest BCUT2D eigenvalue weighted by Crippen LogP contribution is -2.20. The fraction of sp³-hybridized carbons (Fsp3) is 0.222. The van der Waals surface area contributed by atoms with E-state index in [1.807, 2.05) is 6.07 Å². The average Bonchev–Trinajstić information content (AvgIpc) is 2.98. The summed E-state index contributed by atoms with van der Waals surface area (Å²) < 4.78 is 4.83. The van der Waals surface area contributed by atoms with Crippen molar-refractivity contribution in [1.82, 2.24) is 0 Å². The van der Waals surface area contributed by atoms with Gasteiger partial charge in [0.1, 0.15) is 0 Å². The van der Waals surface area contributed by atoms with Crippen molar-refractivity contribution in [3.8, 4) is 6.07 Å². The monoisotopic (exact) mass is 190 g/mol. The highest BCUT2D eigenvalue weighted by Crippen LogP contribution is 2.39. The minimum atomic E-state index is -1.40. The van der Waals surface area contributed by atoms with E-state index in [4.69, 9.17) is 10.00 Å². The van der Waals surface area contributed by atoms with Crippen LogP contribution in [0.25, 0.3) is 0 Å². The van der Waals surface area contributed by atoms with E-state index in [1.54, 1.807) is 18.2 Å². The van der Waals surface area contributed by atoms with Crippen LogP contribution in [0.2, 0.25) is 0 Å². The summed E-state index contributed by atoms with van der Waals surface area (Å²) in [6.45, 7) is 0.0783. The molecule has 0 aromatic heterocycles. The Morgan fingerprint density at radius 2 is 2.36 bits per heavy atom. The van der Waals surface area contributed by atoms with Gasteiger partial charge in [-0.3, -0.25) is 14.9 Å². The minimum absolute atomic E-state index is 0.0783. The maximum atomic E-state index is 10.7. The van der Waals surface area contributed by atoms with Crippen LogP contribution in [0.5, 0.6) is 0 Å². The number of nitrogens with zero attached hydrogens (tertiary/aromatic N) is 2. The Labute approximate surface area is 79.7 Å². The highest BCUT2D eigenvalue weighted by atomic mass is 16.7. The third-order valence-electron chi connectivity index (χ3n) is 2.16. The largest absolute Gasteiger partial charge is 0.375 e. The molecule has 1 aliphatic rings. The predicted octanol–water partition coefficient (Wildman–Crippen LogP) is 1.02. The van der Waals surface area contributed by atoms with E-state index in [1.165, 1.54) is 6.07 Å². The molecule has 0 amide bonds. The van der Waals surface area contributed by atoms with Crippen molar-refractivity contribution in [2.24, 2.45) is 0 Å². The topological polar surface area (TPSA) is 79.5 Å². The van der Waals surface area contributed by atoms with Crippen molar-refractivity contribution in [2.45, 2.75) is 5.72 Å². The van der Waals surface area contributed by atoms with E-state index >= 15 is 0 Å². The summed E-state index contributed by atoms with van der Waals surface area (Å²) in [5.74, 6) is 0. The van der Waals surface area contributed by atoms with Crippen LogP contribution in [0.3, 0.4) is 0 Å². The maximum Gasteiger partial charge on any atom is 0.375 e. The molecule has 0 bridgehead atoms. The van der Waals surface area contributed by atoms with Gasteiger partial charge < -0.3 is 0 Å². The van der Waals surface area contributed by atoms with Crippen LogP contribution < -0.4 is 0 Å². The Balaban J connectivity index is 2.43. The summed E-state index contributed by atoms with van der Waals surface area (Å²) in [5, 5.41) is 19.3. The zero-order chi connectivity index (χ0) is 10.2. The van der Waals surface area contributed by atoms with Crippen LogP contribution in [-0.4, -0.2) is 11.5 Å². The fourth-order valence-electron chi connectivity index (χ4n) is 1.28. The number of epoxide rings is 1. The molecule has 0 spiro atoms. The Kier molecular flexibility index (Phi) is 1.72. The van der Waals surface area contributed by atoms with E-state index < -0.39 is 10.6 Å². The molecule has 1 aromatic carbocycles. The maximum absolute atomic E-state index is 10.7. The minimum Gasteiger partial charge on any atom is -0.298 e. The molecule has 5 nitrogen and oxygen atoms in total. The Morgan fingerprint density at radius 1 is 1.64 bits per heavy atom. The zero-order valence-corrected chi connectivity index (χ0v) is 7.14. The third kappa shape index (κ3) is 1.13. The van der Waals surface area contributed by atoms with Crippen molar-refractivity contribution in [3.63, 3.8) is 0 Å². The molecule has 14 heavy (non-hydrogen) atoms. The van der Waals surface area contributed by atoms with Gasteiger partial charge in [-0.25, -0.2) is 0 Å². The van der Waals surface area contributed by atoms with Gasteiger partial charge in [-0.15, -0.1) is 0 Å². The molecule has 1 atom stereocenters. The van der Waals surface area contributed by atoms with Crippen molar-refractivity contribution in [1.29, 1.82) is 5.26 Å². The molecule has 0 radical (unpaired) electrons. The van der Waals surface area contributed by atoms with Gasteiger partial charge in [0.15, 0.2) is 6.61 Å². The third-order valence-corrected chi connectivity index (χ3v) is 2.16. The first-order chi connectivity index (χ1) is 6.69. The van der Waals surface area contributed by atoms with Gasteiger partial charge in [0.2, 0.25) is 0 Å². The second-order valence-electron chi connectivity index (χ2n) is 3.02. The molecular formula is C9H6N2O3. The molecule has 1 aliphatic heterocycles. The van der Waals surface area contributed by atoms with E-state index in [-0.39, 0.29) is 6.61 Å². The van der Waals surface area contributed by atoms with Gasteiger partial charge in [0, 0.05) is 0 Å². The lowest BCUT2D eigenvalue weighted by atomic mass is 10.1. The van der Waals surface area contributed by atoms with Gasteiger partial charge in [-0.05, 0) is 18.2 Å². The van der Waals surface area contributed by atoms with Crippen molar-refractivity contribution >= 4 is 0 Å². The normalized spacial score (nSPS) is 23.9. The lowest BCUT2D eigenvalue weighted by molar-refractivity contribution is -0.571. The van der Waals surface area contributed by atoms with Gasteiger partial charge >= 0.3 is 5.72 Å². The Hall–Kier alpha value is -1.93. The molecule has 1 aromatic rings. The van der Waals surface area contributed by atoms with Crippen LogP contribution >= 0.6 is 0 Å². The number of benzene rings is 1. The smallest absolute Gasteiger partial charge is 0.298 e. The van der Waals surface area contributed by atoms with Crippen LogP contribution in [0.15, 0.2) is 24.3 Å². The molecule has 1 fully saturated rings. The molecular weight excluding hydrogens is 184 g/mol. The standard InChI is InChI=1S/C9H6N2O3/c10-5-7-2-1-3-8(4-7)9(6-14-9)11(12)13/h1-4H,6H2. The fourth-order valence-corrected chi connectivity index (χ4v) is 1.28. The Bertz CT molecular complexity index is 432. The SMILES string of the molecule is N#Cc1cccc(C2([N+](=O)[O-])CO2)c1. The zero-order valence-electron chi connectivity index (χ0n) is 7.14. The molecule has 0 aliphatic carbocycles. The van der Waals surface area contributed by atoms with Crippen LogP contribution in [-0.2, 0) is 10.5 Å². The molecule has 70 valence electrons. The van der Waals surface area contributed by atoms with E-state index in [0.29, 0.717) is 11.1 Å². The first-order valence-corrected chi connectivity index (χ1v) is 3.98. The highest BCUT2D eigenvalue weighted by Gasteiger charge is 2.60. The number of hydrogen-bond donors (Lipinski definition) is 0. The molecule has 1 saturated heterocycles. The van der Waals surface area contributed by atoms with E-state index in [2.05, 4.69) is 0 Å². The molecule has 2 rings (SSSR count). The number of nitriles is 1. The summed E-state index contributed by atoms with van der Waals surface area (Å²) >= 11 is 0.